The van der Waals surface area contributed by atoms with E-state index >= 15 is 0 Å². The lowest BCUT2D eigenvalue weighted by Crippen LogP contribution is -2.41. The largest absolute Gasteiger partial charge is 0.443 e. The zero-order valence-corrected chi connectivity index (χ0v) is 18.4. The third-order valence-electron chi connectivity index (χ3n) is 4.22. The number of fused-ring (bicyclic) bond motifs is 1. The molecule has 26 heavy (non-hydrogen) atoms. The van der Waals surface area contributed by atoms with Crippen molar-refractivity contribution in [2.24, 2.45) is 4.99 Å². The first-order valence-electron chi connectivity index (χ1n) is 8.70. The molecule has 0 amide bonds. The maximum Gasteiger partial charge on any atom is 0.213 e. The Morgan fingerprint density at radius 3 is 2.85 bits per heavy atom. The number of aromatic nitrogens is 4. The van der Waals surface area contributed by atoms with Gasteiger partial charge in [-0.25, -0.2) is 14.6 Å². The fourth-order valence-electron chi connectivity index (χ4n) is 2.86. The van der Waals surface area contributed by atoms with Crippen molar-refractivity contribution in [3.05, 3.63) is 29.5 Å². The van der Waals surface area contributed by atoms with Crippen molar-refractivity contribution in [1.29, 1.82) is 0 Å². The SMILES string of the molecule is CN=C(NCc1ncc(C(C)(C)C)o1)NC1CCCn2nc(C)nc21.I. The molecule has 1 aliphatic rings. The van der Waals surface area contributed by atoms with E-state index in [4.69, 9.17) is 4.42 Å². The third-order valence-corrected chi connectivity index (χ3v) is 4.22. The summed E-state index contributed by atoms with van der Waals surface area (Å²) in [6, 6.07) is 0.107. The highest BCUT2D eigenvalue weighted by atomic mass is 127. The van der Waals surface area contributed by atoms with Crippen LogP contribution in [-0.2, 0) is 18.5 Å². The summed E-state index contributed by atoms with van der Waals surface area (Å²) in [6.45, 7) is 9.64. The number of hydrogen-bond donors (Lipinski definition) is 2. The molecule has 2 aromatic heterocycles. The molecular weight excluding hydrogens is 445 g/mol. The number of halogens is 1. The molecule has 2 aromatic rings. The minimum Gasteiger partial charge on any atom is -0.443 e. The quantitative estimate of drug-likeness (QED) is 0.405. The van der Waals surface area contributed by atoms with E-state index in [1.165, 1.54) is 0 Å². The topological polar surface area (TPSA) is 93.2 Å². The first-order valence-corrected chi connectivity index (χ1v) is 8.70. The molecule has 0 bridgehead atoms. The number of guanidine groups is 1. The molecule has 0 aromatic carbocycles. The first-order chi connectivity index (χ1) is 11.9. The van der Waals surface area contributed by atoms with Gasteiger partial charge in [0.15, 0.2) is 5.96 Å². The molecule has 0 spiro atoms. The average molecular weight is 473 g/mol. The number of oxazole rings is 1. The lowest BCUT2D eigenvalue weighted by atomic mass is 9.94. The Hall–Kier alpha value is -1.65. The summed E-state index contributed by atoms with van der Waals surface area (Å²) in [7, 11) is 1.75. The van der Waals surface area contributed by atoms with Crippen molar-refractivity contribution >= 4 is 29.9 Å². The molecule has 8 nitrogen and oxygen atoms in total. The zero-order valence-electron chi connectivity index (χ0n) is 16.0. The fourth-order valence-corrected chi connectivity index (χ4v) is 2.86. The molecule has 0 fully saturated rings. The Bertz CT molecular complexity index is 759. The standard InChI is InChI=1S/C17H27N7O.HI/c1-11-21-15-12(7-6-8-24(15)23-11)22-16(18-5)20-10-14-19-9-13(25-14)17(2,3)4;/h9,12H,6-8,10H2,1-5H3,(H2,18,20,22);1H. The van der Waals surface area contributed by atoms with E-state index in [-0.39, 0.29) is 35.4 Å². The van der Waals surface area contributed by atoms with Crippen LogP contribution in [0.1, 0.15) is 63.0 Å². The van der Waals surface area contributed by atoms with Gasteiger partial charge < -0.3 is 15.1 Å². The second-order valence-electron chi connectivity index (χ2n) is 7.37. The van der Waals surface area contributed by atoms with Gasteiger partial charge in [0.1, 0.15) is 17.4 Å². The molecule has 1 aliphatic heterocycles. The summed E-state index contributed by atoms with van der Waals surface area (Å²) < 4.78 is 7.79. The van der Waals surface area contributed by atoms with Gasteiger partial charge in [0.05, 0.1) is 18.8 Å². The highest BCUT2D eigenvalue weighted by molar-refractivity contribution is 14.0. The summed E-state index contributed by atoms with van der Waals surface area (Å²) in [4.78, 5) is 13.2. The molecule has 0 aliphatic carbocycles. The third kappa shape index (κ3) is 4.74. The van der Waals surface area contributed by atoms with Crippen LogP contribution < -0.4 is 10.6 Å². The lowest BCUT2D eigenvalue weighted by Gasteiger charge is -2.24. The predicted octanol–water partition coefficient (Wildman–Crippen LogP) is 2.69. The molecule has 9 heteroatoms. The number of rotatable bonds is 3. The molecular formula is C17H28IN7O. The second kappa shape index (κ2) is 8.36. The summed E-state index contributed by atoms with van der Waals surface area (Å²) in [5.41, 5.74) is -0.0464. The van der Waals surface area contributed by atoms with Gasteiger partial charge in [0, 0.05) is 19.0 Å². The highest BCUT2D eigenvalue weighted by Crippen LogP contribution is 2.23. The maximum absolute atomic E-state index is 5.81. The van der Waals surface area contributed by atoms with Crippen molar-refractivity contribution in [3.8, 4) is 0 Å². The van der Waals surface area contributed by atoms with Gasteiger partial charge in [0.2, 0.25) is 5.89 Å². The molecule has 2 N–H and O–H groups in total. The van der Waals surface area contributed by atoms with Crippen LogP contribution in [0.15, 0.2) is 15.6 Å². The lowest BCUT2D eigenvalue weighted by molar-refractivity contribution is 0.377. The monoisotopic (exact) mass is 473 g/mol. The molecule has 0 saturated heterocycles. The van der Waals surface area contributed by atoms with E-state index in [1.807, 2.05) is 11.6 Å². The van der Waals surface area contributed by atoms with Crippen molar-refractivity contribution in [1.82, 2.24) is 30.4 Å². The minimum atomic E-state index is -0.0464. The molecule has 3 heterocycles. The van der Waals surface area contributed by atoms with E-state index in [0.717, 1.165) is 36.8 Å². The minimum absolute atomic E-state index is 0. The predicted molar refractivity (Wildman–Crippen MR) is 111 cm³/mol. The number of aliphatic imine (C=N–C) groups is 1. The van der Waals surface area contributed by atoms with E-state index < -0.39 is 0 Å². The second-order valence-corrected chi connectivity index (χ2v) is 7.37. The Labute approximate surface area is 171 Å². The van der Waals surface area contributed by atoms with Gasteiger partial charge in [0.25, 0.3) is 0 Å². The summed E-state index contributed by atoms with van der Waals surface area (Å²) >= 11 is 0. The van der Waals surface area contributed by atoms with Gasteiger partial charge in [-0.2, -0.15) is 5.10 Å². The Kier molecular flexibility index (Phi) is 6.64. The summed E-state index contributed by atoms with van der Waals surface area (Å²) in [5.74, 6) is 4.01. The van der Waals surface area contributed by atoms with Crippen LogP contribution in [0.2, 0.25) is 0 Å². The van der Waals surface area contributed by atoms with Crippen LogP contribution in [0, 0.1) is 6.92 Å². The Balaban J connectivity index is 0.00000243. The van der Waals surface area contributed by atoms with Crippen LogP contribution in [0.4, 0.5) is 0 Å². The van der Waals surface area contributed by atoms with E-state index in [2.05, 4.69) is 51.5 Å². The van der Waals surface area contributed by atoms with Crippen LogP contribution in [0.3, 0.4) is 0 Å². The fraction of sp³-hybridized carbons (Fsp3) is 0.647. The molecule has 144 valence electrons. The Morgan fingerprint density at radius 1 is 1.42 bits per heavy atom. The number of nitrogens with one attached hydrogen (secondary N) is 2. The summed E-state index contributed by atoms with van der Waals surface area (Å²) in [5, 5.41) is 11.1. The van der Waals surface area contributed by atoms with Gasteiger partial charge in [-0.15, -0.1) is 24.0 Å². The van der Waals surface area contributed by atoms with Crippen molar-refractivity contribution in [2.45, 2.75) is 65.1 Å². The number of aryl methyl sites for hydroxylation is 2. The Morgan fingerprint density at radius 2 is 2.19 bits per heavy atom. The zero-order chi connectivity index (χ0) is 18.0. The van der Waals surface area contributed by atoms with Crippen molar-refractivity contribution < 1.29 is 4.42 Å². The van der Waals surface area contributed by atoms with E-state index in [0.29, 0.717) is 18.4 Å². The molecule has 0 radical (unpaired) electrons. The van der Waals surface area contributed by atoms with Crippen LogP contribution >= 0.6 is 24.0 Å². The molecule has 1 atom stereocenters. The van der Waals surface area contributed by atoms with Gasteiger partial charge in [-0.3, -0.25) is 4.99 Å². The van der Waals surface area contributed by atoms with Crippen LogP contribution in [-0.4, -0.2) is 32.8 Å². The van der Waals surface area contributed by atoms with Gasteiger partial charge >= 0.3 is 0 Å². The number of nitrogens with zero attached hydrogens (tertiary/aromatic N) is 5. The van der Waals surface area contributed by atoms with E-state index in [9.17, 15) is 0 Å². The maximum atomic E-state index is 5.81. The van der Waals surface area contributed by atoms with Gasteiger partial charge in [-0.1, -0.05) is 20.8 Å². The summed E-state index contributed by atoms with van der Waals surface area (Å²) in [6.07, 6.45) is 3.87. The van der Waals surface area contributed by atoms with Crippen LogP contribution in [0.5, 0.6) is 0 Å². The average Bonchev–Trinajstić information content (AvgIpc) is 3.17. The normalized spacial score (nSPS) is 17.4. The molecule has 0 saturated carbocycles. The van der Waals surface area contributed by atoms with Crippen molar-refractivity contribution in [3.63, 3.8) is 0 Å². The molecule has 3 rings (SSSR count). The van der Waals surface area contributed by atoms with Crippen molar-refractivity contribution in [2.75, 3.05) is 7.05 Å². The smallest absolute Gasteiger partial charge is 0.213 e. The number of hydrogen-bond acceptors (Lipinski definition) is 5. The highest BCUT2D eigenvalue weighted by Gasteiger charge is 2.24. The van der Waals surface area contributed by atoms with Crippen LogP contribution in [0.25, 0.3) is 0 Å². The molecule has 1 unspecified atom stereocenters. The van der Waals surface area contributed by atoms with E-state index in [1.54, 1.807) is 13.2 Å². The first kappa shape index (κ1) is 20.7. The van der Waals surface area contributed by atoms with Gasteiger partial charge in [-0.05, 0) is 19.8 Å².